The summed E-state index contributed by atoms with van der Waals surface area (Å²) >= 11 is 0. The molecule has 3 aromatic rings. The quantitative estimate of drug-likeness (QED) is 0.653. The number of ether oxygens (including phenoxy) is 2. The first kappa shape index (κ1) is 19.8. The van der Waals surface area contributed by atoms with Crippen molar-refractivity contribution in [1.29, 1.82) is 0 Å². The first-order chi connectivity index (χ1) is 15.2. The number of hydrogen-bond acceptors (Lipinski definition) is 6. The van der Waals surface area contributed by atoms with Gasteiger partial charge in [0.2, 0.25) is 0 Å². The van der Waals surface area contributed by atoms with Gasteiger partial charge in [-0.15, -0.1) is 5.10 Å². The molecule has 0 spiro atoms. The summed E-state index contributed by atoms with van der Waals surface area (Å²) in [7, 11) is 0. The van der Waals surface area contributed by atoms with Crippen LogP contribution in [0.3, 0.4) is 0 Å². The van der Waals surface area contributed by atoms with E-state index in [4.69, 9.17) is 9.47 Å². The van der Waals surface area contributed by atoms with Crippen LogP contribution in [0.1, 0.15) is 56.0 Å². The van der Waals surface area contributed by atoms with Crippen LogP contribution in [-0.4, -0.2) is 33.4 Å². The van der Waals surface area contributed by atoms with E-state index in [1.807, 2.05) is 16.8 Å². The summed E-state index contributed by atoms with van der Waals surface area (Å²) in [5, 5.41) is 17.0. The highest BCUT2D eigenvalue weighted by Crippen LogP contribution is 2.42. The molecule has 0 amide bonds. The van der Waals surface area contributed by atoms with Crippen LogP contribution in [0.25, 0.3) is 5.69 Å². The minimum Gasteiger partial charge on any atom is -0.486 e. The molecule has 7 nitrogen and oxygen atoms in total. The van der Waals surface area contributed by atoms with Crippen LogP contribution in [0.4, 0.5) is 5.69 Å². The van der Waals surface area contributed by atoms with E-state index in [9.17, 15) is 0 Å². The van der Waals surface area contributed by atoms with Gasteiger partial charge in [-0.3, -0.25) is 0 Å². The molecule has 0 radical (unpaired) electrons. The molecule has 5 rings (SSSR count). The third-order valence-corrected chi connectivity index (χ3v) is 6.44. The Balaban J connectivity index is 1.58. The second-order valence-electron chi connectivity index (χ2n) is 8.48. The summed E-state index contributed by atoms with van der Waals surface area (Å²) < 4.78 is 13.5. The Morgan fingerprint density at radius 3 is 2.65 bits per heavy atom. The minimum atomic E-state index is -0.335. The van der Waals surface area contributed by atoms with E-state index in [-0.39, 0.29) is 5.54 Å². The van der Waals surface area contributed by atoms with Gasteiger partial charge in [-0.25, -0.2) is 0 Å². The number of tetrazole rings is 1. The van der Waals surface area contributed by atoms with Crippen LogP contribution >= 0.6 is 0 Å². The maximum atomic E-state index is 5.81. The van der Waals surface area contributed by atoms with Gasteiger partial charge in [0.25, 0.3) is 0 Å². The molecule has 1 saturated carbocycles. The van der Waals surface area contributed by atoms with Crippen molar-refractivity contribution in [2.24, 2.45) is 0 Å². The predicted molar refractivity (Wildman–Crippen MR) is 119 cm³/mol. The number of aromatic nitrogens is 4. The number of fused-ring (bicyclic) bond motifs is 1. The summed E-state index contributed by atoms with van der Waals surface area (Å²) in [6.45, 7) is 5.47. The molecule has 1 aliphatic heterocycles. The number of rotatable bonds is 5. The highest BCUT2D eigenvalue weighted by molar-refractivity contribution is 5.57. The molecule has 2 aliphatic rings. The molecule has 0 saturated heterocycles. The van der Waals surface area contributed by atoms with E-state index >= 15 is 0 Å². The number of nitrogens with one attached hydrogen (secondary N) is 1. The Morgan fingerprint density at radius 1 is 1.03 bits per heavy atom. The second kappa shape index (κ2) is 8.21. The standard InChI is InChI=1S/C24H29N5O2/c1-3-18-9-7-8-17(2)22(18)29-23(26-27-28-29)24(12-5-4-6-13-24)25-19-10-11-20-21(16-19)31-15-14-30-20/h7-11,16,25H,3-6,12-15H2,1-2H3. The summed E-state index contributed by atoms with van der Waals surface area (Å²) in [6, 6.07) is 12.5. The second-order valence-corrected chi connectivity index (χ2v) is 8.48. The molecular formula is C24H29N5O2. The van der Waals surface area contributed by atoms with E-state index in [0.29, 0.717) is 13.2 Å². The molecule has 2 aromatic carbocycles. The largest absolute Gasteiger partial charge is 0.486 e. The van der Waals surface area contributed by atoms with Gasteiger partial charge in [-0.1, -0.05) is 44.4 Å². The average molecular weight is 420 g/mol. The Hall–Kier alpha value is -3.09. The number of hydrogen-bond donors (Lipinski definition) is 1. The Kier molecular flexibility index (Phi) is 5.26. The zero-order chi connectivity index (χ0) is 21.3. The van der Waals surface area contributed by atoms with Gasteiger partial charge < -0.3 is 14.8 Å². The molecule has 0 bridgehead atoms. The van der Waals surface area contributed by atoms with Crippen LogP contribution in [-0.2, 0) is 12.0 Å². The predicted octanol–water partition coefficient (Wildman–Crippen LogP) is 4.58. The number of anilines is 1. The summed E-state index contributed by atoms with van der Waals surface area (Å²) in [5.41, 5.74) is 4.19. The molecule has 31 heavy (non-hydrogen) atoms. The van der Waals surface area contributed by atoms with Crippen molar-refractivity contribution in [1.82, 2.24) is 20.2 Å². The first-order valence-corrected chi connectivity index (χ1v) is 11.3. The summed E-state index contributed by atoms with van der Waals surface area (Å²) in [6.07, 6.45) is 6.40. The van der Waals surface area contributed by atoms with Crippen LogP contribution < -0.4 is 14.8 Å². The highest BCUT2D eigenvalue weighted by atomic mass is 16.6. The van der Waals surface area contributed by atoms with Gasteiger partial charge in [0.05, 0.1) is 11.2 Å². The van der Waals surface area contributed by atoms with E-state index in [2.05, 4.69) is 59.0 Å². The van der Waals surface area contributed by atoms with E-state index in [1.165, 1.54) is 17.5 Å². The highest BCUT2D eigenvalue weighted by Gasteiger charge is 2.40. The van der Waals surface area contributed by atoms with Crippen LogP contribution in [0.2, 0.25) is 0 Å². The molecule has 1 fully saturated rings. The SMILES string of the molecule is CCc1cccc(C)c1-n1nnnc1C1(Nc2ccc3c(c2)OCCO3)CCCCC1. The van der Waals surface area contributed by atoms with Gasteiger partial charge in [-0.05, 0) is 59.9 Å². The smallest absolute Gasteiger partial charge is 0.181 e. The van der Waals surface area contributed by atoms with Crippen LogP contribution in [0, 0.1) is 6.92 Å². The fourth-order valence-electron chi connectivity index (χ4n) is 4.90. The van der Waals surface area contributed by atoms with Crippen molar-refractivity contribution < 1.29 is 9.47 Å². The van der Waals surface area contributed by atoms with Crippen molar-refractivity contribution in [2.75, 3.05) is 18.5 Å². The number of nitrogens with zero attached hydrogens (tertiary/aromatic N) is 4. The Labute approximate surface area is 182 Å². The normalized spacial score (nSPS) is 17.4. The monoisotopic (exact) mass is 419 g/mol. The van der Waals surface area contributed by atoms with Crippen molar-refractivity contribution >= 4 is 5.69 Å². The zero-order valence-corrected chi connectivity index (χ0v) is 18.2. The molecule has 7 heteroatoms. The number of benzene rings is 2. The molecular weight excluding hydrogens is 390 g/mol. The number of para-hydroxylation sites is 1. The summed E-state index contributed by atoms with van der Waals surface area (Å²) in [4.78, 5) is 0. The molecule has 0 unspecified atom stereocenters. The Morgan fingerprint density at radius 2 is 1.84 bits per heavy atom. The van der Waals surface area contributed by atoms with Crippen LogP contribution in [0.5, 0.6) is 11.5 Å². The lowest BCUT2D eigenvalue weighted by molar-refractivity contribution is 0.171. The van der Waals surface area contributed by atoms with Crippen molar-refractivity contribution in [2.45, 2.75) is 57.9 Å². The maximum Gasteiger partial charge on any atom is 0.181 e. The summed E-state index contributed by atoms with van der Waals surface area (Å²) in [5.74, 6) is 2.46. The molecule has 2 heterocycles. The first-order valence-electron chi connectivity index (χ1n) is 11.3. The molecule has 1 aliphatic carbocycles. The fourth-order valence-corrected chi connectivity index (χ4v) is 4.90. The van der Waals surface area contributed by atoms with E-state index in [1.54, 1.807) is 0 Å². The lowest BCUT2D eigenvalue weighted by Crippen LogP contribution is -2.40. The number of aryl methyl sites for hydroxylation is 2. The van der Waals surface area contributed by atoms with Crippen molar-refractivity contribution in [3.05, 3.63) is 53.3 Å². The van der Waals surface area contributed by atoms with E-state index < -0.39 is 0 Å². The molecule has 1 N–H and O–H groups in total. The fraction of sp³-hybridized carbons (Fsp3) is 0.458. The Bertz CT molecular complexity index is 1070. The van der Waals surface area contributed by atoms with Gasteiger partial charge in [0, 0.05) is 11.8 Å². The molecule has 1 aromatic heterocycles. The van der Waals surface area contributed by atoms with E-state index in [0.717, 1.165) is 60.8 Å². The van der Waals surface area contributed by atoms with Gasteiger partial charge in [0.1, 0.15) is 13.2 Å². The van der Waals surface area contributed by atoms with Gasteiger partial charge >= 0.3 is 0 Å². The maximum absolute atomic E-state index is 5.81. The van der Waals surface area contributed by atoms with Crippen LogP contribution in [0.15, 0.2) is 36.4 Å². The topological polar surface area (TPSA) is 74.1 Å². The molecule has 0 atom stereocenters. The lowest BCUT2D eigenvalue weighted by atomic mass is 9.80. The van der Waals surface area contributed by atoms with Gasteiger partial charge in [0.15, 0.2) is 17.3 Å². The third kappa shape index (κ3) is 3.62. The zero-order valence-electron chi connectivity index (χ0n) is 18.2. The minimum absolute atomic E-state index is 0.335. The van der Waals surface area contributed by atoms with Gasteiger partial charge in [-0.2, -0.15) is 4.68 Å². The average Bonchev–Trinajstić information content (AvgIpc) is 3.29. The van der Waals surface area contributed by atoms with Crippen molar-refractivity contribution in [3.8, 4) is 17.2 Å². The lowest BCUT2D eigenvalue weighted by Gasteiger charge is -2.38. The third-order valence-electron chi connectivity index (χ3n) is 6.44. The molecule has 162 valence electrons. The van der Waals surface area contributed by atoms with Crippen molar-refractivity contribution in [3.63, 3.8) is 0 Å².